The molecule has 6 heteroatoms. The molecule has 0 aromatic carbocycles. The standard InChI is InChI=1S/C13H12ClN3O2/c1-13(2,3)19-12(18)17-5-4-10-11(17)9(14)6-8(7-15)16-10/h4-6H,1-3H3. The number of carbonyl (C=O) groups is 1. The summed E-state index contributed by atoms with van der Waals surface area (Å²) < 4.78 is 6.56. The average Bonchev–Trinajstić information content (AvgIpc) is 2.70. The zero-order valence-electron chi connectivity index (χ0n) is 10.8. The molecule has 0 aliphatic carbocycles. The van der Waals surface area contributed by atoms with Gasteiger partial charge in [-0.2, -0.15) is 5.26 Å². The number of hydrogen-bond donors (Lipinski definition) is 0. The van der Waals surface area contributed by atoms with Crippen LogP contribution in [0.25, 0.3) is 11.0 Å². The maximum Gasteiger partial charge on any atom is 0.419 e. The van der Waals surface area contributed by atoms with E-state index in [1.165, 1.54) is 16.8 Å². The third-order valence-corrected chi connectivity index (χ3v) is 2.59. The van der Waals surface area contributed by atoms with Gasteiger partial charge in [-0.05, 0) is 32.9 Å². The van der Waals surface area contributed by atoms with E-state index in [-0.39, 0.29) is 10.7 Å². The van der Waals surface area contributed by atoms with E-state index in [0.717, 1.165) is 0 Å². The Bertz CT molecular complexity index is 692. The van der Waals surface area contributed by atoms with Gasteiger partial charge in [0.1, 0.15) is 17.4 Å². The SMILES string of the molecule is CC(C)(C)OC(=O)n1ccc2nc(C#N)cc(Cl)c21. The summed E-state index contributed by atoms with van der Waals surface area (Å²) in [5, 5.41) is 9.11. The van der Waals surface area contributed by atoms with Gasteiger partial charge in [-0.3, -0.25) is 0 Å². The second-order valence-electron chi connectivity index (χ2n) is 5.00. The Morgan fingerprint density at radius 2 is 2.21 bits per heavy atom. The Hall–Kier alpha value is -2.06. The van der Waals surface area contributed by atoms with Crippen molar-refractivity contribution >= 4 is 28.7 Å². The molecule has 0 N–H and O–H groups in total. The fourth-order valence-electron chi connectivity index (χ4n) is 1.62. The highest BCUT2D eigenvalue weighted by molar-refractivity contribution is 6.35. The van der Waals surface area contributed by atoms with Crippen LogP contribution in [0.3, 0.4) is 0 Å². The summed E-state index contributed by atoms with van der Waals surface area (Å²) in [6.07, 6.45) is 0.995. The molecule has 0 saturated carbocycles. The van der Waals surface area contributed by atoms with Crippen LogP contribution in [0, 0.1) is 11.3 Å². The van der Waals surface area contributed by atoms with Crippen LogP contribution in [0.1, 0.15) is 26.5 Å². The van der Waals surface area contributed by atoms with Crippen molar-refractivity contribution in [2.75, 3.05) is 0 Å². The van der Waals surface area contributed by atoms with Gasteiger partial charge in [0.05, 0.1) is 16.1 Å². The molecule has 0 aliphatic heterocycles. The molecule has 0 fully saturated rings. The maximum atomic E-state index is 12.0. The number of ether oxygens (including phenoxy) is 1. The molecule has 0 saturated heterocycles. The van der Waals surface area contributed by atoms with E-state index >= 15 is 0 Å². The van der Waals surface area contributed by atoms with Gasteiger partial charge in [0.2, 0.25) is 0 Å². The lowest BCUT2D eigenvalue weighted by molar-refractivity contribution is 0.0544. The second-order valence-corrected chi connectivity index (χ2v) is 5.41. The average molecular weight is 278 g/mol. The molecule has 19 heavy (non-hydrogen) atoms. The van der Waals surface area contributed by atoms with Gasteiger partial charge in [-0.15, -0.1) is 0 Å². The summed E-state index contributed by atoms with van der Waals surface area (Å²) in [6, 6.07) is 4.95. The predicted octanol–water partition coefficient (Wildman–Crippen LogP) is 3.34. The number of pyridine rings is 1. The minimum atomic E-state index is -0.597. The Balaban J connectivity index is 2.52. The van der Waals surface area contributed by atoms with E-state index in [2.05, 4.69) is 4.98 Å². The highest BCUT2D eigenvalue weighted by atomic mass is 35.5. The number of aromatic nitrogens is 2. The molecule has 0 radical (unpaired) electrons. The summed E-state index contributed by atoms with van der Waals surface area (Å²) >= 11 is 6.08. The molecule has 0 amide bonds. The van der Waals surface area contributed by atoms with Crippen LogP contribution in [-0.2, 0) is 4.74 Å². The Morgan fingerprint density at radius 3 is 2.79 bits per heavy atom. The summed E-state index contributed by atoms with van der Waals surface area (Å²) in [7, 11) is 0. The molecule has 0 aliphatic rings. The first-order chi connectivity index (χ1) is 8.81. The third-order valence-electron chi connectivity index (χ3n) is 2.30. The molecule has 2 rings (SSSR count). The van der Waals surface area contributed by atoms with Gasteiger partial charge in [0.15, 0.2) is 0 Å². The zero-order chi connectivity index (χ0) is 14.2. The molecule has 0 unspecified atom stereocenters. The largest absolute Gasteiger partial charge is 0.443 e. The molecule has 2 aromatic rings. The number of nitriles is 1. The number of rotatable bonds is 0. The van der Waals surface area contributed by atoms with Gasteiger partial charge < -0.3 is 4.74 Å². The lowest BCUT2D eigenvalue weighted by Crippen LogP contribution is -2.26. The van der Waals surface area contributed by atoms with Gasteiger partial charge in [0, 0.05) is 6.20 Å². The van der Waals surface area contributed by atoms with Crippen molar-refractivity contribution in [2.45, 2.75) is 26.4 Å². The van der Waals surface area contributed by atoms with E-state index in [4.69, 9.17) is 21.6 Å². The van der Waals surface area contributed by atoms with Crippen LogP contribution >= 0.6 is 11.6 Å². The summed E-state index contributed by atoms with van der Waals surface area (Å²) in [5.41, 5.74) is 0.532. The first-order valence-corrected chi connectivity index (χ1v) is 6.00. The van der Waals surface area contributed by atoms with Crippen LogP contribution in [0.5, 0.6) is 0 Å². The quantitative estimate of drug-likeness (QED) is 0.740. The monoisotopic (exact) mass is 277 g/mol. The third kappa shape index (κ3) is 2.69. The zero-order valence-corrected chi connectivity index (χ0v) is 11.5. The van der Waals surface area contributed by atoms with Crippen molar-refractivity contribution in [2.24, 2.45) is 0 Å². The number of nitrogens with zero attached hydrogens (tertiary/aromatic N) is 3. The van der Waals surface area contributed by atoms with Crippen molar-refractivity contribution in [1.29, 1.82) is 5.26 Å². The van der Waals surface area contributed by atoms with Crippen molar-refractivity contribution in [3.05, 3.63) is 29.0 Å². The molecule has 0 spiro atoms. The number of hydrogen-bond acceptors (Lipinski definition) is 4. The Kier molecular flexibility index (Phi) is 3.21. The molecular formula is C13H12ClN3O2. The second kappa shape index (κ2) is 4.56. The molecular weight excluding hydrogens is 266 g/mol. The van der Waals surface area contributed by atoms with Crippen molar-refractivity contribution < 1.29 is 9.53 Å². The Labute approximate surface area is 115 Å². The fourth-order valence-corrected chi connectivity index (χ4v) is 1.91. The summed E-state index contributed by atoms with van der Waals surface area (Å²) in [4.78, 5) is 16.1. The van der Waals surface area contributed by atoms with Crippen LogP contribution in [0.2, 0.25) is 5.02 Å². The topological polar surface area (TPSA) is 67.9 Å². The lowest BCUT2D eigenvalue weighted by Gasteiger charge is -2.19. The highest BCUT2D eigenvalue weighted by Crippen LogP contribution is 2.25. The van der Waals surface area contributed by atoms with Crippen LogP contribution in [0.4, 0.5) is 4.79 Å². The fraction of sp³-hybridized carbons (Fsp3) is 0.308. The predicted molar refractivity (Wildman–Crippen MR) is 71.1 cm³/mol. The smallest absolute Gasteiger partial charge is 0.419 e. The first-order valence-electron chi connectivity index (χ1n) is 5.63. The summed E-state index contributed by atoms with van der Waals surface area (Å²) in [5.74, 6) is 0. The molecule has 2 aromatic heterocycles. The van der Waals surface area contributed by atoms with Crippen LogP contribution in [0.15, 0.2) is 18.3 Å². The molecule has 2 heterocycles. The maximum absolute atomic E-state index is 12.0. The van der Waals surface area contributed by atoms with Crippen LogP contribution < -0.4 is 0 Å². The van der Waals surface area contributed by atoms with E-state index in [1.807, 2.05) is 6.07 Å². The van der Waals surface area contributed by atoms with E-state index in [0.29, 0.717) is 11.0 Å². The van der Waals surface area contributed by atoms with Gasteiger partial charge in [-0.1, -0.05) is 11.6 Å². The van der Waals surface area contributed by atoms with E-state index < -0.39 is 11.7 Å². The minimum Gasteiger partial charge on any atom is -0.443 e. The number of fused-ring (bicyclic) bond motifs is 1. The molecule has 5 nitrogen and oxygen atoms in total. The first kappa shape index (κ1) is 13.4. The Morgan fingerprint density at radius 1 is 1.53 bits per heavy atom. The molecule has 98 valence electrons. The summed E-state index contributed by atoms with van der Waals surface area (Å²) in [6.45, 7) is 5.35. The highest BCUT2D eigenvalue weighted by Gasteiger charge is 2.20. The van der Waals surface area contributed by atoms with Crippen molar-refractivity contribution in [3.8, 4) is 6.07 Å². The van der Waals surface area contributed by atoms with Gasteiger partial charge >= 0.3 is 6.09 Å². The molecule has 0 atom stereocenters. The minimum absolute atomic E-state index is 0.208. The number of halogens is 1. The van der Waals surface area contributed by atoms with Crippen molar-refractivity contribution in [3.63, 3.8) is 0 Å². The molecule has 0 bridgehead atoms. The van der Waals surface area contributed by atoms with Gasteiger partial charge in [-0.25, -0.2) is 14.3 Å². The lowest BCUT2D eigenvalue weighted by atomic mass is 10.2. The van der Waals surface area contributed by atoms with E-state index in [1.54, 1.807) is 26.8 Å². The van der Waals surface area contributed by atoms with Crippen molar-refractivity contribution in [1.82, 2.24) is 9.55 Å². The normalized spacial score (nSPS) is 11.3. The van der Waals surface area contributed by atoms with E-state index in [9.17, 15) is 4.79 Å². The number of carbonyl (C=O) groups excluding carboxylic acids is 1. The van der Waals surface area contributed by atoms with Crippen LogP contribution in [-0.4, -0.2) is 21.2 Å². The van der Waals surface area contributed by atoms with Gasteiger partial charge in [0.25, 0.3) is 0 Å².